The zero-order valence-electron chi connectivity index (χ0n) is 20.3. The van der Waals surface area contributed by atoms with E-state index in [0.717, 1.165) is 37.0 Å². The molecule has 4 nitrogen and oxygen atoms in total. The predicted molar refractivity (Wildman–Crippen MR) is 138 cm³/mol. The number of rotatable bonds is 9. The number of hydrogen-bond acceptors (Lipinski definition) is 4. The van der Waals surface area contributed by atoms with Gasteiger partial charge in [0.1, 0.15) is 17.2 Å². The number of para-hydroxylation sites is 1. The highest BCUT2D eigenvalue weighted by Gasteiger charge is 2.45. The SMILES string of the molecule is CCc1ccc2c(c1)[C@@H](NC[C@@H](O)[C@H](Cc1ccccc1)Nc1ccccc1F)CC1(CCC1)O2. The average Bonchev–Trinajstić information content (AvgIpc) is 2.87. The van der Waals surface area contributed by atoms with Crippen LogP contribution in [0.2, 0.25) is 0 Å². The van der Waals surface area contributed by atoms with Crippen molar-refractivity contribution in [2.45, 2.75) is 69.2 Å². The normalized spacial score (nSPS) is 19.8. The van der Waals surface area contributed by atoms with Crippen LogP contribution in [0.1, 0.15) is 55.3 Å². The first-order valence-electron chi connectivity index (χ1n) is 12.8. The van der Waals surface area contributed by atoms with E-state index in [9.17, 15) is 9.50 Å². The molecule has 1 saturated carbocycles. The maximum Gasteiger partial charge on any atom is 0.146 e. The summed E-state index contributed by atoms with van der Waals surface area (Å²) in [7, 11) is 0. The Morgan fingerprint density at radius 2 is 1.80 bits per heavy atom. The van der Waals surface area contributed by atoms with Crippen molar-refractivity contribution in [1.82, 2.24) is 5.32 Å². The molecular weight excluding hydrogens is 439 g/mol. The first-order valence-corrected chi connectivity index (χ1v) is 12.8. The van der Waals surface area contributed by atoms with Gasteiger partial charge < -0.3 is 20.5 Å². The highest BCUT2D eigenvalue weighted by atomic mass is 19.1. The van der Waals surface area contributed by atoms with E-state index in [4.69, 9.17) is 4.74 Å². The minimum absolute atomic E-state index is 0.0851. The van der Waals surface area contributed by atoms with E-state index in [0.29, 0.717) is 18.7 Å². The molecule has 1 spiro atoms. The first-order chi connectivity index (χ1) is 17.0. The number of ether oxygens (including phenoxy) is 1. The van der Waals surface area contributed by atoms with Crippen LogP contribution in [-0.4, -0.2) is 29.4 Å². The molecule has 3 aromatic rings. The van der Waals surface area contributed by atoms with E-state index in [-0.39, 0.29) is 23.5 Å². The second-order valence-electron chi connectivity index (χ2n) is 10.0. The molecule has 5 rings (SSSR count). The molecule has 0 unspecified atom stereocenters. The van der Waals surface area contributed by atoms with Crippen LogP contribution in [0.3, 0.4) is 0 Å². The van der Waals surface area contributed by atoms with E-state index < -0.39 is 6.10 Å². The van der Waals surface area contributed by atoms with Crippen molar-refractivity contribution in [3.8, 4) is 5.75 Å². The van der Waals surface area contributed by atoms with Gasteiger partial charge in [0.05, 0.1) is 17.8 Å². The summed E-state index contributed by atoms with van der Waals surface area (Å²) in [6, 6.07) is 22.9. The van der Waals surface area contributed by atoms with E-state index in [1.165, 1.54) is 23.6 Å². The fourth-order valence-corrected chi connectivity index (χ4v) is 5.33. The van der Waals surface area contributed by atoms with Gasteiger partial charge in [0, 0.05) is 24.6 Å². The molecule has 1 heterocycles. The summed E-state index contributed by atoms with van der Waals surface area (Å²) in [5.74, 6) is 0.647. The van der Waals surface area contributed by atoms with Crippen LogP contribution in [0.5, 0.6) is 5.75 Å². The van der Waals surface area contributed by atoms with E-state index in [2.05, 4.69) is 35.8 Å². The third-order valence-corrected chi connectivity index (χ3v) is 7.58. The van der Waals surface area contributed by atoms with Gasteiger partial charge >= 0.3 is 0 Å². The number of fused-ring (bicyclic) bond motifs is 1. The van der Waals surface area contributed by atoms with Crippen LogP contribution in [0, 0.1) is 5.82 Å². The highest BCUT2D eigenvalue weighted by molar-refractivity contribution is 5.46. The van der Waals surface area contributed by atoms with Crippen LogP contribution in [0.25, 0.3) is 0 Å². The quantitative estimate of drug-likeness (QED) is 0.366. The summed E-state index contributed by atoms with van der Waals surface area (Å²) >= 11 is 0. The molecule has 5 heteroatoms. The summed E-state index contributed by atoms with van der Waals surface area (Å²) in [5.41, 5.74) is 3.88. The second kappa shape index (κ2) is 10.4. The fraction of sp³-hybridized carbons (Fsp3) is 0.400. The van der Waals surface area contributed by atoms with Gasteiger partial charge in [-0.3, -0.25) is 0 Å². The van der Waals surface area contributed by atoms with Crippen molar-refractivity contribution in [3.63, 3.8) is 0 Å². The average molecular weight is 475 g/mol. The van der Waals surface area contributed by atoms with Crippen LogP contribution in [0.15, 0.2) is 72.8 Å². The van der Waals surface area contributed by atoms with Gasteiger partial charge in [-0.1, -0.05) is 61.5 Å². The lowest BCUT2D eigenvalue weighted by atomic mass is 9.72. The van der Waals surface area contributed by atoms with Gasteiger partial charge in [-0.05, 0) is 61.4 Å². The molecule has 3 atom stereocenters. The van der Waals surface area contributed by atoms with Crippen molar-refractivity contribution in [2.75, 3.05) is 11.9 Å². The molecular formula is C30H35FN2O2. The summed E-state index contributed by atoms with van der Waals surface area (Å²) in [5, 5.41) is 18.2. The lowest BCUT2D eigenvalue weighted by Crippen LogP contribution is -2.50. The molecule has 184 valence electrons. The molecule has 0 amide bonds. The molecule has 0 radical (unpaired) electrons. The van der Waals surface area contributed by atoms with Crippen molar-refractivity contribution in [2.24, 2.45) is 0 Å². The van der Waals surface area contributed by atoms with E-state index >= 15 is 0 Å². The summed E-state index contributed by atoms with van der Waals surface area (Å²) < 4.78 is 20.9. The molecule has 0 aromatic heterocycles. The van der Waals surface area contributed by atoms with Gasteiger partial charge in [0.25, 0.3) is 0 Å². The largest absolute Gasteiger partial charge is 0.487 e. The maximum absolute atomic E-state index is 14.4. The minimum Gasteiger partial charge on any atom is -0.487 e. The number of halogens is 1. The standard InChI is InChI=1S/C30H35FN2O2/c1-2-21-13-14-29-23(17-21)27(19-30(35-29)15-8-16-30)32-20-28(34)26(18-22-9-4-3-5-10-22)33-25-12-7-6-11-24(25)31/h3-7,9-14,17,26-28,32-34H,2,8,15-16,18-20H2,1H3/t26-,27-,28+/m0/s1. The highest BCUT2D eigenvalue weighted by Crippen LogP contribution is 2.49. The Labute approximate surface area is 207 Å². The van der Waals surface area contributed by atoms with Crippen LogP contribution < -0.4 is 15.4 Å². The molecule has 3 N–H and O–H groups in total. The Bertz CT molecular complexity index is 1130. The van der Waals surface area contributed by atoms with Crippen LogP contribution >= 0.6 is 0 Å². The fourth-order valence-electron chi connectivity index (χ4n) is 5.33. The molecule has 1 fully saturated rings. The second-order valence-corrected chi connectivity index (χ2v) is 10.0. The van der Waals surface area contributed by atoms with Gasteiger partial charge in [-0.15, -0.1) is 0 Å². The number of hydrogen-bond donors (Lipinski definition) is 3. The van der Waals surface area contributed by atoms with Crippen LogP contribution in [0.4, 0.5) is 10.1 Å². The smallest absolute Gasteiger partial charge is 0.146 e. The summed E-state index contributed by atoms with van der Waals surface area (Å²) in [6.45, 7) is 2.56. The van der Waals surface area contributed by atoms with Gasteiger partial charge in [-0.2, -0.15) is 0 Å². The number of aliphatic hydroxyl groups is 1. The Morgan fingerprint density at radius 3 is 2.51 bits per heavy atom. The number of benzene rings is 3. The number of nitrogens with one attached hydrogen (secondary N) is 2. The van der Waals surface area contributed by atoms with E-state index in [1.807, 2.05) is 30.3 Å². The Hall–Kier alpha value is -2.89. The maximum atomic E-state index is 14.4. The van der Waals surface area contributed by atoms with Crippen molar-refractivity contribution in [3.05, 3.63) is 95.3 Å². The van der Waals surface area contributed by atoms with Crippen molar-refractivity contribution < 1.29 is 14.2 Å². The zero-order valence-corrected chi connectivity index (χ0v) is 20.3. The zero-order chi connectivity index (χ0) is 24.3. The number of aryl methyl sites for hydroxylation is 1. The molecule has 3 aromatic carbocycles. The summed E-state index contributed by atoms with van der Waals surface area (Å²) in [6.07, 6.45) is 5.11. The molecule has 0 saturated heterocycles. The predicted octanol–water partition coefficient (Wildman–Crippen LogP) is 5.81. The van der Waals surface area contributed by atoms with Crippen molar-refractivity contribution >= 4 is 5.69 Å². The number of anilines is 1. The monoisotopic (exact) mass is 474 g/mol. The third kappa shape index (κ3) is 5.36. The van der Waals surface area contributed by atoms with Crippen molar-refractivity contribution in [1.29, 1.82) is 0 Å². The molecule has 1 aliphatic heterocycles. The third-order valence-electron chi connectivity index (χ3n) is 7.58. The lowest BCUT2D eigenvalue weighted by molar-refractivity contribution is -0.0380. The Kier molecular flexibility index (Phi) is 7.07. The molecule has 35 heavy (non-hydrogen) atoms. The minimum atomic E-state index is -0.715. The molecule has 2 aliphatic rings. The Balaban J connectivity index is 1.34. The molecule has 0 bridgehead atoms. The van der Waals surface area contributed by atoms with Gasteiger partial charge in [0.15, 0.2) is 0 Å². The molecule has 1 aliphatic carbocycles. The van der Waals surface area contributed by atoms with Crippen LogP contribution in [-0.2, 0) is 12.8 Å². The number of aliphatic hydroxyl groups excluding tert-OH is 1. The van der Waals surface area contributed by atoms with Gasteiger partial charge in [-0.25, -0.2) is 4.39 Å². The Morgan fingerprint density at radius 1 is 1.03 bits per heavy atom. The first kappa shape index (κ1) is 23.8. The summed E-state index contributed by atoms with van der Waals surface area (Å²) in [4.78, 5) is 0. The van der Waals surface area contributed by atoms with E-state index in [1.54, 1.807) is 18.2 Å². The lowest BCUT2D eigenvalue weighted by Gasteiger charge is -2.48. The topological polar surface area (TPSA) is 53.5 Å². The van der Waals surface area contributed by atoms with Gasteiger partial charge in [0.2, 0.25) is 0 Å².